The zero-order valence-corrected chi connectivity index (χ0v) is 14.5. The molecule has 104 valence electrons. The van der Waals surface area contributed by atoms with E-state index in [1.165, 1.54) is 39.5 Å². The fourth-order valence-electron chi connectivity index (χ4n) is 1.40. The summed E-state index contributed by atoms with van der Waals surface area (Å²) in [7, 11) is 3.99. The molecule has 0 heterocycles. The van der Waals surface area contributed by atoms with Crippen LogP contribution in [0.2, 0.25) is 0 Å². The molecule has 6 nitrogen and oxygen atoms in total. The van der Waals surface area contributed by atoms with Crippen molar-refractivity contribution in [3.8, 4) is 11.5 Å². The van der Waals surface area contributed by atoms with Crippen LogP contribution in [0.25, 0.3) is 6.08 Å². The molecular formula is C12H13NaO6S. The molecule has 0 saturated heterocycles. The molecular weight excluding hydrogens is 295 g/mol. The Morgan fingerprint density at radius 3 is 2.35 bits per heavy atom. The molecule has 0 radical (unpaired) electrons. The second-order valence-corrected chi connectivity index (χ2v) is 4.25. The third kappa shape index (κ3) is 4.92. The Labute approximate surface area is 141 Å². The smallest absolute Gasteiger partial charge is 0.768 e. The maximum Gasteiger partial charge on any atom is 1.00 e. The van der Waals surface area contributed by atoms with E-state index in [1.54, 1.807) is 6.07 Å². The van der Waals surface area contributed by atoms with Crippen LogP contribution >= 0.6 is 0 Å². The van der Waals surface area contributed by atoms with E-state index in [2.05, 4.69) is 4.74 Å². The minimum atomic E-state index is -2.48. The summed E-state index contributed by atoms with van der Waals surface area (Å²) >= 11 is -2.48. The Bertz CT molecular complexity index is 529. The molecule has 0 aliphatic heterocycles. The standard InChI is InChI=1S/C12H14O6S.Na/c1-16-9-6-8(4-5-11(13)17-2)7-10(19(14)15)12(9)18-3;/h4-7H,1-3H3,(H,14,15);/q;+1/p-1/b5-4+;. The van der Waals surface area contributed by atoms with Crippen molar-refractivity contribution >= 4 is 23.1 Å². The molecule has 0 fully saturated rings. The summed E-state index contributed by atoms with van der Waals surface area (Å²) < 4.78 is 36.8. The fraction of sp³-hybridized carbons (Fsp3) is 0.250. The second-order valence-electron chi connectivity index (χ2n) is 3.35. The number of methoxy groups -OCH3 is 3. The Morgan fingerprint density at radius 1 is 1.25 bits per heavy atom. The molecule has 0 aromatic heterocycles. The van der Waals surface area contributed by atoms with E-state index in [0.29, 0.717) is 5.56 Å². The van der Waals surface area contributed by atoms with Crippen LogP contribution < -0.4 is 39.0 Å². The monoisotopic (exact) mass is 308 g/mol. The predicted molar refractivity (Wildman–Crippen MR) is 67.8 cm³/mol. The maximum atomic E-state index is 11.1. The SMILES string of the molecule is COC(=O)/C=C/c1cc(OC)c(OC)c(S(=O)[O-])c1.[Na+]. The molecule has 8 heteroatoms. The minimum Gasteiger partial charge on any atom is -0.768 e. The van der Waals surface area contributed by atoms with Crippen LogP contribution in [-0.2, 0) is 20.6 Å². The summed E-state index contributed by atoms with van der Waals surface area (Å²) in [6.07, 6.45) is 2.60. The van der Waals surface area contributed by atoms with E-state index < -0.39 is 17.0 Å². The van der Waals surface area contributed by atoms with Gasteiger partial charge in [-0.05, 0) is 34.9 Å². The van der Waals surface area contributed by atoms with Gasteiger partial charge in [0.25, 0.3) is 0 Å². The first-order valence-electron chi connectivity index (χ1n) is 5.14. The van der Waals surface area contributed by atoms with Gasteiger partial charge >= 0.3 is 35.5 Å². The van der Waals surface area contributed by atoms with E-state index in [4.69, 9.17) is 9.47 Å². The van der Waals surface area contributed by atoms with Gasteiger partial charge in [-0.2, -0.15) is 0 Å². The summed E-state index contributed by atoms with van der Waals surface area (Å²) in [6, 6.07) is 2.92. The maximum absolute atomic E-state index is 11.1. The van der Waals surface area contributed by atoms with Crippen LogP contribution in [-0.4, -0.2) is 36.1 Å². The molecule has 1 aromatic carbocycles. The van der Waals surface area contributed by atoms with Crippen molar-refractivity contribution in [3.63, 3.8) is 0 Å². The zero-order chi connectivity index (χ0) is 14.4. The average molecular weight is 308 g/mol. The van der Waals surface area contributed by atoms with E-state index in [0.717, 1.165) is 0 Å². The third-order valence-corrected chi connectivity index (χ3v) is 2.92. The van der Waals surface area contributed by atoms with Gasteiger partial charge < -0.3 is 18.8 Å². The van der Waals surface area contributed by atoms with Gasteiger partial charge in [-0.15, -0.1) is 0 Å². The van der Waals surface area contributed by atoms with Crippen LogP contribution in [0.4, 0.5) is 0 Å². The molecule has 0 spiro atoms. The molecule has 1 atom stereocenters. The molecule has 0 amide bonds. The van der Waals surface area contributed by atoms with Crippen LogP contribution in [0.1, 0.15) is 5.56 Å². The quantitative estimate of drug-likeness (QED) is 0.274. The average Bonchev–Trinajstić information content (AvgIpc) is 2.43. The summed E-state index contributed by atoms with van der Waals surface area (Å²) in [4.78, 5) is 10.9. The number of esters is 1. The molecule has 1 unspecified atom stereocenters. The molecule has 1 rings (SSSR count). The van der Waals surface area contributed by atoms with Gasteiger partial charge in [0, 0.05) is 6.08 Å². The number of hydrogen-bond donors (Lipinski definition) is 0. The van der Waals surface area contributed by atoms with E-state index in [-0.39, 0.29) is 46.0 Å². The van der Waals surface area contributed by atoms with Gasteiger partial charge in [0.05, 0.1) is 26.2 Å². The van der Waals surface area contributed by atoms with Crippen LogP contribution in [0.15, 0.2) is 23.1 Å². The Hall–Kier alpha value is -0.860. The van der Waals surface area contributed by atoms with E-state index in [9.17, 15) is 13.6 Å². The van der Waals surface area contributed by atoms with E-state index >= 15 is 0 Å². The van der Waals surface area contributed by atoms with Gasteiger partial charge in [0.15, 0.2) is 11.5 Å². The number of ether oxygens (including phenoxy) is 3. The Morgan fingerprint density at radius 2 is 1.90 bits per heavy atom. The molecule has 0 aliphatic rings. The second kappa shape index (κ2) is 9.15. The third-order valence-electron chi connectivity index (χ3n) is 2.26. The van der Waals surface area contributed by atoms with Gasteiger partial charge in [-0.3, -0.25) is 4.21 Å². The van der Waals surface area contributed by atoms with Crippen LogP contribution in [0, 0.1) is 0 Å². The Kier molecular flexibility index (Phi) is 8.75. The van der Waals surface area contributed by atoms with Crippen LogP contribution in [0.3, 0.4) is 0 Å². The Balaban J connectivity index is 0.00000361. The topological polar surface area (TPSA) is 84.9 Å². The summed E-state index contributed by atoms with van der Waals surface area (Å²) in [5.74, 6) is -0.167. The fourth-order valence-corrected chi connectivity index (χ4v) is 1.97. The van der Waals surface area contributed by atoms with Crippen molar-refractivity contribution in [3.05, 3.63) is 23.8 Å². The van der Waals surface area contributed by atoms with E-state index in [1.807, 2.05) is 0 Å². The van der Waals surface area contributed by atoms with Gasteiger partial charge in [0.1, 0.15) is 0 Å². The van der Waals surface area contributed by atoms with Crippen LogP contribution in [0.5, 0.6) is 11.5 Å². The molecule has 20 heavy (non-hydrogen) atoms. The first-order chi connectivity index (χ1) is 9.03. The first-order valence-corrected chi connectivity index (χ1v) is 6.22. The van der Waals surface area contributed by atoms with Gasteiger partial charge in [-0.25, -0.2) is 4.79 Å². The van der Waals surface area contributed by atoms with Crippen molar-refractivity contribution in [1.29, 1.82) is 0 Å². The zero-order valence-electron chi connectivity index (χ0n) is 11.7. The number of rotatable bonds is 5. The minimum absolute atomic E-state index is 0. The molecule has 0 N–H and O–H groups in total. The van der Waals surface area contributed by atoms with Gasteiger partial charge in [0.2, 0.25) is 0 Å². The number of carbonyl (C=O) groups excluding carboxylic acids is 1. The normalized spacial score (nSPS) is 11.6. The first kappa shape index (κ1) is 19.1. The van der Waals surface area contributed by atoms with Crippen molar-refractivity contribution in [2.75, 3.05) is 21.3 Å². The molecule has 0 saturated carbocycles. The van der Waals surface area contributed by atoms with Crippen molar-refractivity contribution in [2.45, 2.75) is 4.90 Å². The summed E-state index contributed by atoms with van der Waals surface area (Å²) in [6.45, 7) is 0. The predicted octanol–water partition coefficient (Wildman–Crippen LogP) is -1.87. The van der Waals surface area contributed by atoms with Crippen molar-refractivity contribution in [1.82, 2.24) is 0 Å². The van der Waals surface area contributed by atoms with Crippen molar-refractivity contribution < 1.29 is 57.3 Å². The molecule has 0 aliphatic carbocycles. The molecule has 1 aromatic rings. The molecule has 0 bridgehead atoms. The summed E-state index contributed by atoms with van der Waals surface area (Å²) in [5, 5.41) is 0. The largest absolute Gasteiger partial charge is 1.00 e. The van der Waals surface area contributed by atoms with Crippen molar-refractivity contribution in [2.24, 2.45) is 0 Å². The van der Waals surface area contributed by atoms with Gasteiger partial charge in [-0.1, -0.05) is 0 Å². The number of carbonyl (C=O) groups is 1. The number of hydrogen-bond acceptors (Lipinski definition) is 6. The summed E-state index contributed by atoms with van der Waals surface area (Å²) in [5.41, 5.74) is 0.474. The number of benzene rings is 1.